The van der Waals surface area contributed by atoms with Crippen LogP contribution in [0.15, 0.2) is 18.3 Å². The smallest absolute Gasteiger partial charge is 0.128 e. The van der Waals surface area contributed by atoms with Crippen molar-refractivity contribution < 1.29 is 5.11 Å². The zero-order chi connectivity index (χ0) is 13.4. The molecule has 2 N–H and O–H groups in total. The highest BCUT2D eigenvalue weighted by molar-refractivity contribution is 5.41. The molecule has 1 heterocycles. The lowest BCUT2D eigenvalue weighted by molar-refractivity contribution is 0.302. The van der Waals surface area contributed by atoms with Crippen molar-refractivity contribution >= 4 is 5.82 Å². The van der Waals surface area contributed by atoms with Gasteiger partial charge in [-0.05, 0) is 44.5 Å². The Labute approximate surface area is 110 Å². The number of aromatic nitrogens is 1. The summed E-state index contributed by atoms with van der Waals surface area (Å²) in [4.78, 5) is 6.46. The molecular weight excluding hydrogens is 226 g/mol. The van der Waals surface area contributed by atoms with E-state index in [0.29, 0.717) is 12.6 Å². The lowest BCUT2D eigenvalue weighted by Gasteiger charge is -2.22. The van der Waals surface area contributed by atoms with E-state index in [-0.39, 0.29) is 6.61 Å². The summed E-state index contributed by atoms with van der Waals surface area (Å²) in [5, 5.41) is 12.5. The van der Waals surface area contributed by atoms with Crippen LogP contribution < -0.4 is 10.2 Å². The second-order valence-electron chi connectivity index (χ2n) is 4.43. The molecule has 0 aliphatic rings. The molecule has 0 aliphatic carbocycles. The molecule has 0 fully saturated rings. The van der Waals surface area contributed by atoms with E-state index in [1.807, 2.05) is 12.3 Å². The Hall–Kier alpha value is -1.13. The van der Waals surface area contributed by atoms with Gasteiger partial charge in [-0.25, -0.2) is 4.98 Å². The fourth-order valence-electron chi connectivity index (χ4n) is 1.91. The van der Waals surface area contributed by atoms with Crippen LogP contribution in [0.25, 0.3) is 0 Å². The van der Waals surface area contributed by atoms with E-state index in [9.17, 15) is 0 Å². The molecule has 0 saturated carbocycles. The van der Waals surface area contributed by atoms with Crippen LogP contribution in [0.1, 0.15) is 38.8 Å². The lowest BCUT2D eigenvalue weighted by atomic mass is 10.1. The van der Waals surface area contributed by atoms with Crippen molar-refractivity contribution in [1.29, 1.82) is 0 Å². The van der Waals surface area contributed by atoms with E-state index >= 15 is 0 Å². The molecule has 102 valence electrons. The van der Waals surface area contributed by atoms with Crippen molar-refractivity contribution in [3.63, 3.8) is 0 Å². The number of nitrogens with zero attached hydrogens (tertiary/aromatic N) is 2. The molecule has 0 bridgehead atoms. The predicted molar refractivity (Wildman–Crippen MR) is 75.9 cm³/mol. The Morgan fingerprint density at radius 2 is 2.22 bits per heavy atom. The van der Waals surface area contributed by atoms with E-state index in [4.69, 9.17) is 5.11 Å². The summed E-state index contributed by atoms with van der Waals surface area (Å²) in [5.41, 5.74) is 1.24. The first-order valence-electron chi connectivity index (χ1n) is 6.78. The molecule has 0 amide bonds. The maximum Gasteiger partial charge on any atom is 0.128 e. The first-order valence-corrected chi connectivity index (χ1v) is 6.78. The first-order chi connectivity index (χ1) is 8.72. The third-order valence-corrected chi connectivity index (χ3v) is 3.05. The number of aliphatic hydroxyl groups excluding tert-OH is 1. The van der Waals surface area contributed by atoms with Crippen molar-refractivity contribution in [2.24, 2.45) is 0 Å². The van der Waals surface area contributed by atoms with Crippen LogP contribution in [0.5, 0.6) is 0 Å². The summed E-state index contributed by atoms with van der Waals surface area (Å²) in [6.07, 6.45) is 2.97. The van der Waals surface area contributed by atoms with E-state index in [2.05, 4.69) is 42.0 Å². The molecule has 0 aliphatic heterocycles. The van der Waals surface area contributed by atoms with Gasteiger partial charge >= 0.3 is 0 Å². The van der Waals surface area contributed by atoms with Gasteiger partial charge in [0, 0.05) is 25.3 Å². The van der Waals surface area contributed by atoms with Crippen LogP contribution in [0.4, 0.5) is 5.82 Å². The van der Waals surface area contributed by atoms with Crippen LogP contribution in [0, 0.1) is 0 Å². The van der Waals surface area contributed by atoms with Gasteiger partial charge in [0.15, 0.2) is 0 Å². The highest BCUT2D eigenvalue weighted by atomic mass is 16.3. The number of aliphatic hydroxyl groups is 1. The van der Waals surface area contributed by atoms with Crippen molar-refractivity contribution in [1.82, 2.24) is 10.3 Å². The van der Waals surface area contributed by atoms with E-state index in [1.54, 1.807) is 0 Å². The van der Waals surface area contributed by atoms with Crippen LogP contribution >= 0.6 is 0 Å². The molecule has 1 aromatic heterocycles. The Bertz CT molecular complexity index is 344. The minimum atomic E-state index is 0.156. The molecule has 0 radical (unpaired) electrons. The van der Waals surface area contributed by atoms with Gasteiger partial charge in [0.1, 0.15) is 5.82 Å². The number of hydrogen-bond acceptors (Lipinski definition) is 4. The summed E-state index contributed by atoms with van der Waals surface area (Å²) >= 11 is 0. The summed E-state index contributed by atoms with van der Waals surface area (Å²) in [5.74, 6) is 0.939. The Balaban J connectivity index is 2.77. The molecule has 4 heteroatoms. The average Bonchev–Trinajstić information content (AvgIpc) is 2.42. The maximum absolute atomic E-state index is 9.04. The quantitative estimate of drug-likeness (QED) is 0.741. The average molecular weight is 251 g/mol. The Kier molecular flexibility index (Phi) is 6.68. The molecule has 0 spiro atoms. The number of anilines is 1. The molecular formula is C14H25N3O. The number of hydrogen-bond donors (Lipinski definition) is 2. The third-order valence-electron chi connectivity index (χ3n) is 3.05. The van der Waals surface area contributed by atoms with Crippen molar-refractivity contribution in [3.8, 4) is 0 Å². The summed E-state index contributed by atoms with van der Waals surface area (Å²) in [6, 6.07) is 4.48. The monoisotopic (exact) mass is 251 g/mol. The third kappa shape index (κ3) is 4.27. The molecule has 1 unspecified atom stereocenters. The van der Waals surface area contributed by atoms with Crippen LogP contribution in [0.3, 0.4) is 0 Å². The zero-order valence-corrected chi connectivity index (χ0v) is 11.7. The van der Waals surface area contributed by atoms with Crippen molar-refractivity contribution in [2.75, 3.05) is 31.1 Å². The normalized spacial score (nSPS) is 12.4. The van der Waals surface area contributed by atoms with Gasteiger partial charge in [0.25, 0.3) is 0 Å². The first kappa shape index (κ1) is 14.9. The van der Waals surface area contributed by atoms with E-state index in [1.165, 1.54) is 5.56 Å². The van der Waals surface area contributed by atoms with Gasteiger partial charge in [-0.3, -0.25) is 0 Å². The summed E-state index contributed by atoms with van der Waals surface area (Å²) in [7, 11) is 0. The van der Waals surface area contributed by atoms with Gasteiger partial charge < -0.3 is 15.3 Å². The van der Waals surface area contributed by atoms with Crippen LogP contribution in [0.2, 0.25) is 0 Å². The van der Waals surface area contributed by atoms with Crippen molar-refractivity contribution in [2.45, 2.75) is 33.2 Å². The molecule has 1 rings (SSSR count). The summed E-state index contributed by atoms with van der Waals surface area (Å²) in [6.45, 7) is 9.06. The second kappa shape index (κ2) is 8.06. The second-order valence-corrected chi connectivity index (χ2v) is 4.43. The van der Waals surface area contributed by atoms with Gasteiger partial charge in [-0.15, -0.1) is 0 Å². The number of nitrogens with one attached hydrogen (secondary N) is 1. The number of pyridine rings is 1. The topological polar surface area (TPSA) is 48.4 Å². The summed E-state index contributed by atoms with van der Waals surface area (Å²) < 4.78 is 0. The molecule has 18 heavy (non-hydrogen) atoms. The highest BCUT2D eigenvalue weighted by Crippen LogP contribution is 2.17. The fourth-order valence-corrected chi connectivity index (χ4v) is 1.91. The molecule has 4 nitrogen and oxygen atoms in total. The van der Waals surface area contributed by atoms with Gasteiger partial charge in [-0.2, -0.15) is 0 Å². The van der Waals surface area contributed by atoms with Crippen molar-refractivity contribution in [3.05, 3.63) is 23.9 Å². The minimum Gasteiger partial charge on any atom is -0.395 e. The SMILES string of the molecule is CCCNC(C)c1ccnc(N(CC)CCO)c1. The van der Waals surface area contributed by atoms with Gasteiger partial charge in [0.2, 0.25) is 0 Å². The molecule has 0 saturated heterocycles. The predicted octanol–water partition coefficient (Wildman–Crippen LogP) is 1.96. The van der Waals surface area contributed by atoms with E-state index in [0.717, 1.165) is 25.3 Å². The molecule has 1 atom stereocenters. The Morgan fingerprint density at radius 1 is 1.44 bits per heavy atom. The maximum atomic E-state index is 9.04. The zero-order valence-electron chi connectivity index (χ0n) is 11.7. The largest absolute Gasteiger partial charge is 0.395 e. The molecule has 0 aromatic carbocycles. The standard InChI is InChI=1S/C14H25N3O/c1-4-7-15-12(3)13-6-8-16-14(11-13)17(5-2)9-10-18/h6,8,11-12,15,18H,4-5,7,9-10H2,1-3H3. The lowest BCUT2D eigenvalue weighted by Crippen LogP contribution is -2.27. The highest BCUT2D eigenvalue weighted by Gasteiger charge is 2.09. The van der Waals surface area contributed by atoms with Gasteiger partial charge in [0.05, 0.1) is 6.61 Å². The fraction of sp³-hybridized carbons (Fsp3) is 0.643. The van der Waals surface area contributed by atoms with E-state index < -0.39 is 0 Å². The van der Waals surface area contributed by atoms with Gasteiger partial charge in [-0.1, -0.05) is 6.92 Å². The number of rotatable bonds is 8. The van der Waals surface area contributed by atoms with Crippen LogP contribution in [-0.4, -0.2) is 36.3 Å². The van der Waals surface area contributed by atoms with Crippen LogP contribution in [-0.2, 0) is 0 Å². The number of likely N-dealkylation sites (N-methyl/N-ethyl adjacent to an activating group) is 1. The minimum absolute atomic E-state index is 0.156. The Morgan fingerprint density at radius 3 is 2.83 bits per heavy atom. The molecule has 1 aromatic rings.